The fourth-order valence-corrected chi connectivity index (χ4v) is 1.21. The van der Waals surface area contributed by atoms with Gasteiger partial charge in [-0.15, -0.1) is 0 Å². The van der Waals surface area contributed by atoms with Crippen LogP contribution in [0.15, 0.2) is 18.3 Å². The zero-order chi connectivity index (χ0) is 12.7. The summed E-state index contributed by atoms with van der Waals surface area (Å²) >= 11 is 0. The highest BCUT2D eigenvalue weighted by Crippen LogP contribution is 2.15. The maximum absolute atomic E-state index is 11.1. The Balaban J connectivity index is 2.52. The average molecular weight is 238 g/mol. The van der Waals surface area contributed by atoms with E-state index in [1.165, 1.54) is 12.3 Å². The second-order valence-corrected chi connectivity index (χ2v) is 3.21. The van der Waals surface area contributed by atoms with Crippen molar-refractivity contribution in [3.8, 4) is 5.75 Å². The van der Waals surface area contributed by atoms with Gasteiger partial charge in [0.2, 0.25) is 5.91 Å². The number of carbonyl (C=O) groups excluding carboxylic acids is 1. The summed E-state index contributed by atoms with van der Waals surface area (Å²) in [6, 6.07) is 3.09. The number of ether oxygens (including phenoxy) is 1. The van der Waals surface area contributed by atoms with Crippen LogP contribution in [0.25, 0.3) is 0 Å². The molecule has 0 unspecified atom stereocenters. The molecule has 6 heteroatoms. The van der Waals surface area contributed by atoms with Crippen LogP contribution in [0, 0.1) is 0 Å². The first kappa shape index (κ1) is 13.0. The molecule has 92 valence electrons. The lowest BCUT2D eigenvalue weighted by molar-refractivity contribution is -0.121. The van der Waals surface area contributed by atoms with Crippen molar-refractivity contribution in [3.05, 3.63) is 24.0 Å². The smallest absolute Gasteiger partial charge is 0.358 e. The monoisotopic (exact) mass is 238 g/mol. The second-order valence-electron chi connectivity index (χ2n) is 3.21. The Morgan fingerprint density at radius 1 is 1.53 bits per heavy atom. The number of hydrogen-bond donors (Lipinski definition) is 2. The van der Waals surface area contributed by atoms with Gasteiger partial charge >= 0.3 is 5.97 Å². The van der Waals surface area contributed by atoms with Gasteiger partial charge in [-0.3, -0.25) is 4.79 Å². The third kappa shape index (κ3) is 4.10. The quantitative estimate of drug-likeness (QED) is 0.761. The fraction of sp³-hybridized carbons (Fsp3) is 0.364. The van der Waals surface area contributed by atoms with Gasteiger partial charge in [-0.1, -0.05) is 0 Å². The Bertz CT molecular complexity index is 406. The second kappa shape index (κ2) is 6.47. The number of carbonyl (C=O) groups is 2. The van der Waals surface area contributed by atoms with Crippen LogP contribution in [0.1, 0.15) is 23.8 Å². The summed E-state index contributed by atoms with van der Waals surface area (Å²) in [6.45, 7) is 2.51. The maximum atomic E-state index is 11.1. The number of aromatic carboxylic acids is 1. The van der Waals surface area contributed by atoms with E-state index in [2.05, 4.69) is 10.3 Å². The van der Waals surface area contributed by atoms with Crippen LogP contribution in [0.5, 0.6) is 5.75 Å². The lowest BCUT2D eigenvalue weighted by Crippen LogP contribution is -2.24. The maximum Gasteiger partial charge on any atom is 0.358 e. The number of aromatic nitrogens is 1. The van der Waals surface area contributed by atoms with Crippen molar-refractivity contribution in [2.24, 2.45) is 0 Å². The molecule has 17 heavy (non-hydrogen) atoms. The first-order chi connectivity index (χ1) is 8.15. The highest BCUT2D eigenvalue weighted by molar-refractivity contribution is 5.88. The van der Waals surface area contributed by atoms with Gasteiger partial charge in [-0.2, -0.15) is 0 Å². The number of nitrogens with zero attached hydrogens (tertiary/aromatic N) is 1. The molecule has 0 aliphatic heterocycles. The minimum Gasteiger partial charge on any atom is -0.490 e. The molecule has 0 bridgehead atoms. The van der Waals surface area contributed by atoms with Crippen molar-refractivity contribution in [1.82, 2.24) is 10.3 Å². The van der Waals surface area contributed by atoms with Gasteiger partial charge < -0.3 is 15.2 Å². The SMILES string of the molecule is CCNC(=O)CCOc1cccnc1C(=O)O. The lowest BCUT2D eigenvalue weighted by atomic mass is 10.3. The molecule has 0 saturated heterocycles. The van der Waals surface area contributed by atoms with Gasteiger partial charge in [0.25, 0.3) is 0 Å². The standard InChI is InChI=1S/C11H14N2O4/c1-2-12-9(14)5-7-17-8-4-3-6-13-10(8)11(15)16/h3-4,6H,2,5,7H2,1H3,(H,12,14)(H,15,16). The zero-order valence-electron chi connectivity index (χ0n) is 9.47. The molecule has 1 amide bonds. The van der Waals surface area contributed by atoms with Gasteiger partial charge in [-0.05, 0) is 19.1 Å². The summed E-state index contributed by atoms with van der Waals surface area (Å²) < 4.78 is 5.21. The van der Waals surface area contributed by atoms with Crippen molar-refractivity contribution in [2.75, 3.05) is 13.2 Å². The molecule has 1 rings (SSSR count). The Kier molecular flexibility index (Phi) is 4.93. The Hall–Kier alpha value is -2.11. The van der Waals surface area contributed by atoms with E-state index in [0.29, 0.717) is 6.54 Å². The van der Waals surface area contributed by atoms with E-state index in [1.54, 1.807) is 6.07 Å². The Labute approximate surface area is 98.6 Å². The Morgan fingerprint density at radius 2 is 2.29 bits per heavy atom. The van der Waals surface area contributed by atoms with Crippen molar-refractivity contribution >= 4 is 11.9 Å². The summed E-state index contributed by atoms with van der Waals surface area (Å²) in [6.07, 6.45) is 1.56. The van der Waals surface area contributed by atoms with Crippen LogP contribution in [-0.4, -0.2) is 35.1 Å². The molecule has 0 aromatic carbocycles. The summed E-state index contributed by atoms with van der Waals surface area (Å²) in [5, 5.41) is 11.5. The number of amides is 1. The van der Waals surface area contributed by atoms with Crippen LogP contribution in [0.4, 0.5) is 0 Å². The van der Waals surface area contributed by atoms with E-state index in [1.807, 2.05) is 6.92 Å². The van der Waals surface area contributed by atoms with Crippen LogP contribution in [0.3, 0.4) is 0 Å². The summed E-state index contributed by atoms with van der Waals surface area (Å²) in [7, 11) is 0. The number of nitrogens with one attached hydrogen (secondary N) is 1. The fourth-order valence-electron chi connectivity index (χ4n) is 1.21. The van der Waals surface area contributed by atoms with Gasteiger partial charge in [0, 0.05) is 12.7 Å². The molecule has 6 nitrogen and oxygen atoms in total. The van der Waals surface area contributed by atoms with Crippen molar-refractivity contribution in [2.45, 2.75) is 13.3 Å². The van der Waals surface area contributed by atoms with Crippen molar-refractivity contribution in [1.29, 1.82) is 0 Å². The molecule has 0 saturated carbocycles. The molecule has 0 aliphatic rings. The third-order valence-corrected chi connectivity index (χ3v) is 1.93. The predicted octanol–water partition coefficient (Wildman–Crippen LogP) is 0.685. The highest BCUT2D eigenvalue weighted by Gasteiger charge is 2.12. The summed E-state index contributed by atoms with van der Waals surface area (Å²) in [5.74, 6) is -1.11. The number of pyridine rings is 1. The van der Waals surface area contributed by atoms with Gasteiger partial charge in [0.15, 0.2) is 11.4 Å². The Morgan fingerprint density at radius 3 is 2.94 bits per heavy atom. The molecule has 0 spiro atoms. The molecule has 0 aliphatic carbocycles. The van der Waals surface area contributed by atoms with Crippen LogP contribution >= 0.6 is 0 Å². The number of carboxylic acid groups (broad SMARTS) is 1. The first-order valence-corrected chi connectivity index (χ1v) is 5.23. The molecule has 2 N–H and O–H groups in total. The molecule has 1 aromatic rings. The number of rotatable bonds is 6. The van der Waals surface area contributed by atoms with Crippen molar-refractivity contribution in [3.63, 3.8) is 0 Å². The van der Waals surface area contributed by atoms with Crippen LogP contribution < -0.4 is 10.1 Å². The first-order valence-electron chi connectivity index (χ1n) is 5.23. The molecule has 1 aromatic heterocycles. The third-order valence-electron chi connectivity index (χ3n) is 1.93. The minimum absolute atomic E-state index is 0.123. The summed E-state index contributed by atoms with van der Waals surface area (Å²) in [4.78, 5) is 25.6. The van der Waals surface area contributed by atoms with Crippen LogP contribution in [0.2, 0.25) is 0 Å². The zero-order valence-corrected chi connectivity index (χ0v) is 9.47. The molecule has 0 fully saturated rings. The molecule has 0 atom stereocenters. The van der Waals surface area contributed by atoms with E-state index in [9.17, 15) is 9.59 Å². The van der Waals surface area contributed by atoms with Crippen molar-refractivity contribution < 1.29 is 19.4 Å². The lowest BCUT2D eigenvalue weighted by Gasteiger charge is -2.07. The van der Waals surface area contributed by atoms with E-state index < -0.39 is 5.97 Å². The van der Waals surface area contributed by atoms with Crippen LogP contribution in [-0.2, 0) is 4.79 Å². The average Bonchev–Trinajstić information content (AvgIpc) is 2.30. The largest absolute Gasteiger partial charge is 0.490 e. The van der Waals surface area contributed by atoms with Gasteiger partial charge in [0.05, 0.1) is 13.0 Å². The van der Waals surface area contributed by atoms with Gasteiger partial charge in [0.1, 0.15) is 0 Å². The molecule has 1 heterocycles. The van der Waals surface area contributed by atoms with E-state index in [4.69, 9.17) is 9.84 Å². The predicted molar refractivity (Wildman–Crippen MR) is 60.0 cm³/mol. The molecule has 0 radical (unpaired) electrons. The number of hydrogen-bond acceptors (Lipinski definition) is 4. The van der Waals surface area contributed by atoms with E-state index >= 15 is 0 Å². The normalized spacial score (nSPS) is 9.71. The topological polar surface area (TPSA) is 88.5 Å². The highest BCUT2D eigenvalue weighted by atomic mass is 16.5. The van der Waals surface area contributed by atoms with E-state index in [0.717, 1.165) is 0 Å². The number of carboxylic acids is 1. The molecular weight excluding hydrogens is 224 g/mol. The van der Waals surface area contributed by atoms with E-state index in [-0.39, 0.29) is 30.4 Å². The minimum atomic E-state index is -1.15. The summed E-state index contributed by atoms with van der Waals surface area (Å²) in [5.41, 5.74) is -0.150. The van der Waals surface area contributed by atoms with Gasteiger partial charge in [-0.25, -0.2) is 9.78 Å². The molecular formula is C11H14N2O4.